The summed E-state index contributed by atoms with van der Waals surface area (Å²) in [6.45, 7) is 3.94. The monoisotopic (exact) mass is 429 g/mol. The number of aliphatic hydroxyl groups is 1. The van der Waals surface area contributed by atoms with E-state index in [1.54, 1.807) is 44.3 Å². The summed E-state index contributed by atoms with van der Waals surface area (Å²) in [6, 6.07) is 14.3. The molecule has 7 nitrogen and oxygen atoms in total. The summed E-state index contributed by atoms with van der Waals surface area (Å²) >= 11 is 5.89. The number of hydrogen-bond acceptors (Lipinski definition) is 6. The number of aromatic nitrogens is 2. The third-order valence-electron chi connectivity index (χ3n) is 4.20. The molecule has 0 saturated carbocycles. The van der Waals surface area contributed by atoms with Gasteiger partial charge >= 0.3 is 5.69 Å². The summed E-state index contributed by atoms with van der Waals surface area (Å²) in [6.07, 6.45) is 1.64. The summed E-state index contributed by atoms with van der Waals surface area (Å²) < 4.78 is 12.4. The van der Waals surface area contributed by atoms with E-state index in [0.29, 0.717) is 34.6 Å². The number of benzene rings is 2. The Bertz CT molecular complexity index is 1060. The largest absolute Gasteiger partial charge is 0.493 e. The first kappa shape index (κ1) is 21.7. The molecule has 158 valence electrons. The van der Waals surface area contributed by atoms with Crippen LogP contribution in [0.2, 0.25) is 5.02 Å². The molecule has 0 bridgehead atoms. The van der Waals surface area contributed by atoms with E-state index in [1.165, 1.54) is 11.7 Å². The van der Waals surface area contributed by atoms with E-state index in [2.05, 4.69) is 10.3 Å². The average Bonchev–Trinajstić information content (AvgIpc) is 2.71. The van der Waals surface area contributed by atoms with Crippen molar-refractivity contribution >= 4 is 17.4 Å². The fourth-order valence-electron chi connectivity index (χ4n) is 2.67. The normalized spacial score (nSPS) is 11.2. The number of ether oxygens (including phenoxy) is 2. The van der Waals surface area contributed by atoms with Gasteiger partial charge in [0.2, 0.25) is 0 Å². The molecule has 1 aromatic heterocycles. The smallest absolute Gasteiger partial charge is 0.354 e. The van der Waals surface area contributed by atoms with Crippen LogP contribution in [0.1, 0.15) is 19.4 Å². The number of nitrogens with zero attached hydrogens (tertiary/aromatic N) is 2. The maximum absolute atomic E-state index is 12.5. The van der Waals surface area contributed by atoms with Gasteiger partial charge in [0, 0.05) is 23.8 Å². The zero-order valence-electron chi connectivity index (χ0n) is 17.1. The fraction of sp³-hybridized carbons (Fsp3) is 0.273. The molecule has 0 atom stereocenters. The Morgan fingerprint density at radius 3 is 2.50 bits per heavy atom. The highest BCUT2D eigenvalue weighted by Gasteiger charge is 2.16. The van der Waals surface area contributed by atoms with Crippen LogP contribution in [-0.2, 0) is 6.54 Å². The zero-order valence-corrected chi connectivity index (χ0v) is 17.8. The molecule has 0 aliphatic rings. The van der Waals surface area contributed by atoms with Gasteiger partial charge in [-0.15, -0.1) is 0 Å². The van der Waals surface area contributed by atoms with E-state index < -0.39 is 11.3 Å². The first-order chi connectivity index (χ1) is 14.2. The van der Waals surface area contributed by atoms with Crippen LogP contribution >= 0.6 is 11.6 Å². The molecule has 8 heteroatoms. The Kier molecular flexibility index (Phi) is 6.64. The SMILES string of the molecule is COc1cc(-n2ccc(NCc3ccc(Cl)cc3)nc2=O)ccc1OCC(C)(C)O. The van der Waals surface area contributed by atoms with Crippen molar-refractivity contribution < 1.29 is 14.6 Å². The molecule has 3 rings (SSSR count). The summed E-state index contributed by atoms with van der Waals surface area (Å²) in [5.41, 5.74) is 0.212. The lowest BCUT2D eigenvalue weighted by atomic mass is 10.2. The minimum absolute atomic E-state index is 0.109. The van der Waals surface area contributed by atoms with E-state index >= 15 is 0 Å². The van der Waals surface area contributed by atoms with E-state index in [1.807, 2.05) is 24.3 Å². The number of anilines is 1. The Balaban J connectivity index is 1.75. The molecule has 30 heavy (non-hydrogen) atoms. The van der Waals surface area contributed by atoms with E-state index in [0.717, 1.165) is 5.56 Å². The molecule has 0 aliphatic heterocycles. The van der Waals surface area contributed by atoms with Crippen LogP contribution in [0.15, 0.2) is 59.5 Å². The first-order valence-electron chi connectivity index (χ1n) is 9.37. The van der Waals surface area contributed by atoms with Crippen molar-refractivity contribution in [1.82, 2.24) is 9.55 Å². The van der Waals surface area contributed by atoms with Crippen molar-refractivity contribution in [3.8, 4) is 17.2 Å². The number of halogens is 1. The maximum atomic E-state index is 12.5. The molecule has 0 spiro atoms. The Morgan fingerprint density at radius 2 is 1.87 bits per heavy atom. The summed E-state index contributed by atoms with van der Waals surface area (Å²) in [5, 5.41) is 13.6. The lowest BCUT2D eigenvalue weighted by molar-refractivity contribution is 0.0276. The maximum Gasteiger partial charge on any atom is 0.354 e. The highest BCUT2D eigenvalue weighted by atomic mass is 35.5. The van der Waals surface area contributed by atoms with Crippen LogP contribution in [0.3, 0.4) is 0 Å². The Morgan fingerprint density at radius 1 is 1.13 bits per heavy atom. The minimum Gasteiger partial charge on any atom is -0.493 e. The molecule has 0 radical (unpaired) electrons. The van der Waals surface area contributed by atoms with Crippen LogP contribution in [0.4, 0.5) is 5.82 Å². The molecule has 0 aliphatic carbocycles. The fourth-order valence-corrected chi connectivity index (χ4v) is 2.80. The topological polar surface area (TPSA) is 85.6 Å². The van der Waals surface area contributed by atoms with Gasteiger partial charge in [0.1, 0.15) is 12.4 Å². The Hall–Kier alpha value is -3.03. The van der Waals surface area contributed by atoms with Crippen molar-refractivity contribution in [2.45, 2.75) is 26.0 Å². The van der Waals surface area contributed by atoms with E-state index in [4.69, 9.17) is 21.1 Å². The van der Waals surface area contributed by atoms with Crippen LogP contribution in [0, 0.1) is 0 Å². The molecule has 0 fully saturated rings. The van der Waals surface area contributed by atoms with Gasteiger partial charge in [-0.2, -0.15) is 4.98 Å². The van der Waals surface area contributed by atoms with Gasteiger partial charge in [0.15, 0.2) is 11.5 Å². The predicted molar refractivity (Wildman–Crippen MR) is 117 cm³/mol. The van der Waals surface area contributed by atoms with Crippen molar-refractivity contribution in [3.05, 3.63) is 75.8 Å². The molecule has 2 N–H and O–H groups in total. The van der Waals surface area contributed by atoms with Gasteiger partial charge in [0.25, 0.3) is 0 Å². The molecular formula is C22H24ClN3O4. The lowest BCUT2D eigenvalue weighted by Crippen LogP contribution is -2.28. The van der Waals surface area contributed by atoms with Crippen LogP contribution < -0.4 is 20.5 Å². The summed E-state index contributed by atoms with van der Waals surface area (Å²) in [4.78, 5) is 16.6. The second-order valence-electron chi connectivity index (χ2n) is 7.38. The molecule has 3 aromatic rings. The van der Waals surface area contributed by atoms with Crippen LogP contribution in [0.5, 0.6) is 11.5 Å². The molecule has 0 saturated heterocycles. The van der Waals surface area contributed by atoms with Crippen LogP contribution in [-0.4, -0.2) is 34.0 Å². The average molecular weight is 430 g/mol. The highest BCUT2D eigenvalue weighted by Crippen LogP contribution is 2.29. The van der Waals surface area contributed by atoms with Gasteiger partial charge in [-0.3, -0.25) is 4.57 Å². The lowest BCUT2D eigenvalue weighted by Gasteiger charge is -2.19. The third-order valence-corrected chi connectivity index (χ3v) is 4.45. The molecular weight excluding hydrogens is 406 g/mol. The summed E-state index contributed by atoms with van der Waals surface area (Å²) in [7, 11) is 1.51. The van der Waals surface area contributed by atoms with Gasteiger partial charge in [0.05, 0.1) is 18.4 Å². The quantitative estimate of drug-likeness (QED) is 0.568. The second-order valence-corrected chi connectivity index (χ2v) is 7.82. The molecule has 0 amide bonds. The van der Waals surface area contributed by atoms with Crippen LogP contribution in [0.25, 0.3) is 5.69 Å². The van der Waals surface area contributed by atoms with Gasteiger partial charge in [-0.1, -0.05) is 23.7 Å². The predicted octanol–water partition coefficient (Wildman–Crippen LogP) is 3.66. The standard InChI is InChI=1S/C22H24ClN3O4/c1-22(2,28)14-30-18-9-8-17(12-19(18)29-3)26-11-10-20(25-21(26)27)24-13-15-4-6-16(23)7-5-15/h4-12,28H,13-14H2,1-3H3,(H,24,25,27). The number of hydrogen-bond donors (Lipinski definition) is 2. The zero-order chi connectivity index (χ0) is 21.7. The van der Waals surface area contributed by atoms with Crippen molar-refractivity contribution in [3.63, 3.8) is 0 Å². The van der Waals surface area contributed by atoms with Crippen molar-refractivity contribution in [2.75, 3.05) is 19.0 Å². The van der Waals surface area contributed by atoms with Gasteiger partial charge in [-0.25, -0.2) is 4.79 Å². The minimum atomic E-state index is -0.973. The molecule has 1 heterocycles. The van der Waals surface area contributed by atoms with Crippen molar-refractivity contribution in [2.24, 2.45) is 0 Å². The number of nitrogens with one attached hydrogen (secondary N) is 1. The number of methoxy groups -OCH3 is 1. The van der Waals surface area contributed by atoms with E-state index in [-0.39, 0.29) is 6.61 Å². The van der Waals surface area contributed by atoms with Crippen molar-refractivity contribution in [1.29, 1.82) is 0 Å². The molecule has 0 unspecified atom stereocenters. The summed E-state index contributed by atoms with van der Waals surface area (Å²) in [5.74, 6) is 1.41. The van der Waals surface area contributed by atoms with Gasteiger partial charge < -0.3 is 19.9 Å². The second kappa shape index (κ2) is 9.19. The first-order valence-corrected chi connectivity index (χ1v) is 9.74. The van der Waals surface area contributed by atoms with E-state index in [9.17, 15) is 9.90 Å². The van der Waals surface area contributed by atoms with Gasteiger partial charge in [-0.05, 0) is 49.7 Å². The third kappa shape index (κ3) is 5.75. The Labute approximate surface area is 179 Å². The highest BCUT2D eigenvalue weighted by molar-refractivity contribution is 6.30. The molecule has 2 aromatic carbocycles. The number of rotatable bonds is 8.